The maximum Gasteiger partial charge on any atom is 0.275 e. The molecule has 2 atom stereocenters. The van der Waals surface area contributed by atoms with E-state index in [0.717, 1.165) is 12.8 Å². The molecule has 1 amide bonds. The highest BCUT2D eigenvalue weighted by molar-refractivity contribution is 7.96. The van der Waals surface area contributed by atoms with E-state index in [0.29, 0.717) is 12.4 Å². The summed E-state index contributed by atoms with van der Waals surface area (Å²) in [6.07, 6.45) is 6.11. The summed E-state index contributed by atoms with van der Waals surface area (Å²) in [6, 6.07) is 10.3. The Bertz CT molecular complexity index is 435. The molecule has 3 nitrogen and oxygen atoms in total. The summed E-state index contributed by atoms with van der Waals surface area (Å²) in [6.45, 7) is 2.74. The van der Waals surface area contributed by atoms with E-state index in [9.17, 15) is 4.79 Å². The molecule has 0 N–H and O–H groups in total. The highest BCUT2D eigenvalue weighted by Gasteiger charge is 2.39. The first kappa shape index (κ1) is 15.4. The zero-order chi connectivity index (χ0) is 14.5. The predicted octanol–water partition coefficient (Wildman–Crippen LogP) is 2.59. The van der Waals surface area contributed by atoms with Gasteiger partial charge in [-0.3, -0.25) is 4.79 Å². The first-order valence-corrected chi connectivity index (χ1v) is 9.36. The van der Waals surface area contributed by atoms with Gasteiger partial charge in [-0.05, 0) is 22.9 Å². The summed E-state index contributed by atoms with van der Waals surface area (Å²) in [5.74, 6) is 0.843. The van der Waals surface area contributed by atoms with Crippen LogP contribution in [0.5, 0.6) is 0 Å². The van der Waals surface area contributed by atoms with E-state index < -0.39 is 0 Å². The number of nitrogens with zero attached hydrogens (tertiary/aromatic N) is 1. The molecule has 4 heteroatoms. The maximum atomic E-state index is 12.6. The second kappa shape index (κ2) is 7.14. The minimum absolute atomic E-state index is 0.0544. The summed E-state index contributed by atoms with van der Waals surface area (Å²) in [7, 11) is 0.121. The standard InChI is InChI=1S/C16H24NO2S/c1-4-8-16-17(15(18)12-20(2)3)14(11-19-16)13-9-6-5-7-10-13/h5-7,9-10,14,16H,4,8,11-12H2,1-3H3/q+1/t14-,16+/m0/s1. The van der Waals surface area contributed by atoms with E-state index in [1.54, 1.807) is 0 Å². The van der Waals surface area contributed by atoms with Crippen molar-refractivity contribution < 1.29 is 9.53 Å². The molecule has 1 aromatic rings. The molecule has 110 valence electrons. The molecular formula is C16H24NO2S+. The lowest BCUT2D eigenvalue weighted by Crippen LogP contribution is -2.41. The van der Waals surface area contributed by atoms with Crippen molar-refractivity contribution in [1.29, 1.82) is 0 Å². The van der Waals surface area contributed by atoms with Gasteiger partial charge in [-0.15, -0.1) is 0 Å². The third-order valence-electron chi connectivity index (χ3n) is 3.51. The van der Waals surface area contributed by atoms with E-state index in [-0.39, 0.29) is 29.1 Å². The zero-order valence-electron chi connectivity index (χ0n) is 12.5. The highest BCUT2D eigenvalue weighted by Crippen LogP contribution is 2.32. The van der Waals surface area contributed by atoms with Gasteiger partial charge in [0.15, 0.2) is 5.75 Å². The van der Waals surface area contributed by atoms with Gasteiger partial charge in [0, 0.05) is 0 Å². The molecule has 20 heavy (non-hydrogen) atoms. The number of hydrogen-bond acceptors (Lipinski definition) is 2. The summed E-state index contributed by atoms with van der Waals surface area (Å²) in [4.78, 5) is 14.6. The lowest BCUT2D eigenvalue weighted by atomic mass is 10.1. The molecular weight excluding hydrogens is 270 g/mol. The lowest BCUT2D eigenvalue weighted by molar-refractivity contribution is -0.135. The Balaban J connectivity index is 2.20. The number of carbonyl (C=O) groups is 1. The Morgan fingerprint density at radius 3 is 2.65 bits per heavy atom. The van der Waals surface area contributed by atoms with E-state index in [1.807, 2.05) is 23.1 Å². The van der Waals surface area contributed by atoms with Crippen LogP contribution in [0.3, 0.4) is 0 Å². The van der Waals surface area contributed by atoms with Crippen LogP contribution in [0.2, 0.25) is 0 Å². The Labute approximate surface area is 124 Å². The maximum absolute atomic E-state index is 12.6. The van der Waals surface area contributed by atoms with Gasteiger partial charge in [-0.25, -0.2) is 0 Å². The van der Waals surface area contributed by atoms with Crippen LogP contribution in [-0.4, -0.2) is 41.9 Å². The van der Waals surface area contributed by atoms with Crippen LogP contribution in [-0.2, 0) is 20.4 Å². The van der Waals surface area contributed by atoms with Crippen LogP contribution in [0.4, 0.5) is 0 Å². The van der Waals surface area contributed by atoms with Gasteiger partial charge >= 0.3 is 0 Å². The fourth-order valence-corrected chi connectivity index (χ4v) is 3.26. The number of carbonyl (C=O) groups excluding carboxylic acids is 1. The fraction of sp³-hybridized carbons (Fsp3) is 0.562. The van der Waals surface area contributed by atoms with Gasteiger partial charge in [0.25, 0.3) is 5.91 Å². The van der Waals surface area contributed by atoms with Crippen LogP contribution in [0.25, 0.3) is 0 Å². The molecule has 0 bridgehead atoms. The highest BCUT2D eigenvalue weighted by atomic mass is 32.2. The van der Waals surface area contributed by atoms with Crippen LogP contribution in [0, 0.1) is 0 Å². The van der Waals surface area contributed by atoms with Crippen molar-refractivity contribution in [1.82, 2.24) is 4.90 Å². The monoisotopic (exact) mass is 294 g/mol. The molecule has 1 heterocycles. The van der Waals surface area contributed by atoms with E-state index in [2.05, 4.69) is 31.6 Å². The van der Waals surface area contributed by atoms with Crippen molar-refractivity contribution in [3.8, 4) is 0 Å². The third-order valence-corrected chi connectivity index (χ3v) is 4.34. The van der Waals surface area contributed by atoms with Crippen molar-refractivity contribution in [2.24, 2.45) is 0 Å². The minimum atomic E-state index is -0.0544. The molecule has 0 unspecified atom stereocenters. The predicted molar refractivity (Wildman–Crippen MR) is 84.8 cm³/mol. The molecule has 0 radical (unpaired) electrons. The Hall–Kier alpha value is -1.000. The smallest absolute Gasteiger partial charge is 0.275 e. The molecule has 1 aromatic carbocycles. The molecule has 0 aliphatic carbocycles. The van der Waals surface area contributed by atoms with Crippen molar-refractivity contribution in [3.63, 3.8) is 0 Å². The molecule has 1 aliphatic rings. The number of amides is 1. The van der Waals surface area contributed by atoms with Gasteiger partial charge in [0.1, 0.15) is 6.23 Å². The van der Waals surface area contributed by atoms with Crippen molar-refractivity contribution >= 4 is 16.8 Å². The summed E-state index contributed by atoms with van der Waals surface area (Å²) in [5.41, 5.74) is 1.17. The number of hydrogen-bond donors (Lipinski definition) is 0. The summed E-state index contributed by atoms with van der Waals surface area (Å²) in [5, 5.41) is 0. The van der Waals surface area contributed by atoms with Crippen molar-refractivity contribution in [2.45, 2.75) is 32.0 Å². The number of ether oxygens (including phenoxy) is 1. The Morgan fingerprint density at radius 1 is 1.35 bits per heavy atom. The minimum Gasteiger partial charge on any atom is -0.356 e. The van der Waals surface area contributed by atoms with Gasteiger partial charge < -0.3 is 9.64 Å². The lowest BCUT2D eigenvalue weighted by Gasteiger charge is -2.27. The first-order chi connectivity index (χ1) is 9.63. The molecule has 1 saturated heterocycles. The Kier molecular flexibility index (Phi) is 5.49. The van der Waals surface area contributed by atoms with Crippen LogP contribution in [0.1, 0.15) is 31.4 Å². The summed E-state index contributed by atoms with van der Waals surface area (Å²) >= 11 is 0. The van der Waals surface area contributed by atoms with Gasteiger partial charge in [0.05, 0.1) is 25.2 Å². The van der Waals surface area contributed by atoms with Gasteiger partial charge in [0.2, 0.25) is 0 Å². The van der Waals surface area contributed by atoms with Crippen LogP contribution in [0.15, 0.2) is 30.3 Å². The van der Waals surface area contributed by atoms with E-state index in [1.165, 1.54) is 5.56 Å². The van der Waals surface area contributed by atoms with E-state index >= 15 is 0 Å². The molecule has 1 aliphatic heterocycles. The summed E-state index contributed by atoms with van der Waals surface area (Å²) < 4.78 is 5.88. The van der Waals surface area contributed by atoms with Crippen molar-refractivity contribution in [3.05, 3.63) is 35.9 Å². The SMILES string of the molecule is CCC[C@H]1OC[C@@H](c2ccccc2)N1C(=O)C[S+](C)C. The quantitative estimate of drug-likeness (QED) is 0.781. The molecule has 0 saturated carbocycles. The fourth-order valence-electron chi connectivity index (χ4n) is 2.62. The average Bonchev–Trinajstić information content (AvgIpc) is 2.83. The normalized spacial score (nSPS) is 22.5. The van der Waals surface area contributed by atoms with Crippen LogP contribution < -0.4 is 0 Å². The van der Waals surface area contributed by atoms with E-state index in [4.69, 9.17) is 4.74 Å². The Morgan fingerprint density at radius 2 is 2.05 bits per heavy atom. The molecule has 0 aromatic heterocycles. The second-order valence-electron chi connectivity index (χ2n) is 5.43. The molecule has 1 fully saturated rings. The largest absolute Gasteiger partial charge is 0.356 e. The number of rotatable bonds is 5. The van der Waals surface area contributed by atoms with Gasteiger partial charge in [-0.2, -0.15) is 0 Å². The third kappa shape index (κ3) is 3.55. The molecule has 2 rings (SSSR count). The van der Waals surface area contributed by atoms with Gasteiger partial charge in [-0.1, -0.05) is 43.7 Å². The van der Waals surface area contributed by atoms with Crippen LogP contribution >= 0.6 is 0 Å². The second-order valence-corrected chi connectivity index (χ2v) is 7.69. The molecule has 0 spiro atoms. The first-order valence-electron chi connectivity index (χ1n) is 7.15. The topological polar surface area (TPSA) is 29.5 Å². The zero-order valence-corrected chi connectivity index (χ0v) is 13.4. The number of benzene rings is 1. The average molecular weight is 294 g/mol. The van der Waals surface area contributed by atoms with Crippen molar-refractivity contribution in [2.75, 3.05) is 24.9 Å².